The van der Waals surface area contributed by atoms with Crippen LogP contribution in [0.4, 0.5) is 0 Å². The van der Waals surface area contributed by atoms with Gasteiger partial charge in [0, 0.05) is 12.8 Å². The standard InChI is InChI=1S/C44H76NO10P/c1-3-5-7-9-11-13-15-17-19-20-22-23-25-27-29-31-33-35-42(46)52-37-40(38-53-56(50,51)54-39-41(45)44(48)49)55-43(47)36-34-32-30-28-26-24-21-18-16-14-12-10-8-6-4-2/h6,8,11-14,17-19,21,40-41H,3-5,7,9-10,15-16,20,22-39,45H2,1-2H3,(H,48,49)(H,50,51)/b8-6-,13-11-,14-12-,19-17-,21-18-. The van der Waals surface area contributed by atoms with Crippen molar-refractivity contribution in [2.24, 2.45) is 5.73 Å². The average molecular weight is 810 g/mol. The molecule has 0 aliphatic carbocycles. The van der Waals surface area contributed by atoms with E-state index in [2.05, 4.69) is 79.1 Å². The number of phosphoric acid groups is 1. The maximum atomic E-state index is 12.6. The lowest BCUT2D eigenvalue weighted by Crippen LogP contribution is -2.34. The van der Waals surface area contributed by atoms with Gasteiger partial charge in [-0.3, -0.25) is 23.4 Å². The topological polar surface area (TPSA) is 172 Å². The number of ether oxygens (including phenoxy) is 2. The molecule has 0 aromatic heterocycles. The summed E-state index contributed by atoms with van der Waals surface area (Å²) in [5, 5.41) is 8.88. The van der Waals surface area contributed by atoms with Gasteiger partial charge in [0.1, 0.15) is 12.6 Å². The fourth-order valence-electron chi connectivity index (χ4n) is 5.40. The lowest BCUT2D eigenvalue weighted by atomic mass is 10.1. The number of phosphoric ester groups is 1. The van der Waals surface area contributed by atoms with Crippen LogP contribution in [0.2, 0.25) is 0 Å². The van der Waals surface area contributed by atoms with Crippen LogP contribution in [0.5, 0.6) is 0 Å². The van der Waals surface area contributed by atoms with Crippen LogP contribution in [0.25, 0.3) is 0 Å². The Hall–Kier alpha value is -2.82. The van der Waals surface area contributed by atoms with Crippen molar-refractivity contribution in [2.75, 3.05) is 19.8 Å². The molecule has 3 unspecified atom stereocenters. The molecule has 0 rings (SSSR count). The minimum atomic E-state index is -4.72. The van der Waals surface area contributed by atoms with Crippen molar-refractivity contribution in [3.8, 4) is 0 Å². The van der Waals surface area contributed by atoms with E-state index in [0.717, 1.165) is 89.9 Å². The Kier molecular flexibility index (Phi) is 37.1. The summed E-state index contributed by atoms with van der Waals surface area (Å²) >= 11 is 0. The largest absolute Gasteiger partial charge is 0.480 e. The molecule has 0 aromatic rings. The van der Waals surface area contributed by atoms with Gasteiger partial charge in [-0.05, 0) is 77.0 Å². The normalized spacial score (nSPS) is 14.4. The lowest BCUT2D eigenvalue weighted by molar-refractivity contribution is -0.161. The van der Waals surface area contributed by atoms with Gasteiger partial charge in [-0.15, -0.1) is 0 Å². The second-order valence-corrected chi connectivity index (χ2v) is 15.5. The zero-order valence-electron chi connectivity index (χ0n) is 34.7. The minimum Gasteiger partial charge on any atom is -0.480 e. The molecule has 4 N–H and O–H groups in total. The van der Waals surface area contributed by atoms with Crippen LogP contribution in [-0.4, -0.2) is 59.9 Å². The number of nitrogens with two attached hydrogens (primary N) is 1. The highest BCUT2D eigenvalue weighted by molar-refractivity contribution is 7.47. The van der Waals surface area contributed by atoms with Crippen molar-refractivity contribution in [1.29, 1.82) is 0 Å². The molecule has 322 valence electrons. The number of allylic oxidation sites excluding steroid dienone is 10. The van der Waals surface area contributed by atoms with Gasteiger partial charge in [0.2, 0.25) is 0 Å². The molecule has 0 saturated heterocycles. The number of unbranched alkanes of at least 4 members (excludes halogenated alkanes) is 15. The third-order valence-corrected chi connectivity index (χ3v) is 9.70. The molecule has 0 aliphatic rings. The second-order valence-electron chi connectivity index (χ2n) is 14.1. The number of carboxylic acid groups (broad SMARTS) is 1. The van der Waals surface area contributed by atoms with E-state index in [4.69, 9.17) is 24.8 Å². The molecule has 0 aliphatic heterocycles. The lowest BCUT2D eigenvalue weighted by Gasteiger charge is -2.20. The highest BCUT2D eigenvalue weighted by atomic mass is 31.2. The first-order valence-electron chi connectivity index (χ1n) is 21.3. The molecule has 12 heteroatoms. The van der Waals surface area contributed by atoms with Crippen LogP contribution >= 0.6 is 7.82 Å². The molecule has 0 saturated carbocycles. The van der Waals surface area contributed by atoms with Crippen LogP contribution in [0.1, 0.15) is 168 Å². The number of esters is 2. The zero-order chi connectivity index (χ0) is 41.4. The molecule has 0 aromatic carbocycles. The average Bonchev–Trinajstić information content (AvgIpc) is 3.17. The van der Waals surface area contributed by atoms with Crippen LogP contribution in [0.3, 0.4) is 0 Å². The highest BCUT2D eigenvalue weighted by Gasteiger charge is 2.28. The maximum absolute atomic E-state index is 12.6. The number of carboxylic acids is 1. The monoisotopic (exact) mass is 810 g/mol. The molecule has 0 bridgehead atoms. The van der Waals surface area contributed by atoms with Crippen molar-refractivity contribution in [3.05, 3.63) is 60.8 Å². The number of hydrogen-bond acceptors (Lipinski definition) is 9. The fraction of sp³-hybridized carbons (Fsp3) is 0.705. The number of carbonyl (C=O) groups is 3. The van der Waals surface area contributed by atoms with E-state index >= 15 is 0 Å². The Balaban J connectivity index is 4.41. The molecule has 0 amide bonds. The van der Waals surface area contributed by atoms with Gasteiger partial charge < -0.3 is 25.2 Å². The predicted molar refractivity (Wildman–Crippen MR) is 226 cm³/mol. The Morgan fingerprint density at radius 2 is 1.00 bits per heavy atom. The Morgan fingerprint density at radius 1 is 0.571 bits per heavy atom. The summed E-state index contributed by atoms with van der Waals surface area (Å²) in [5.41, 5.74) is 5.33. The second kappa shape index (κ2) is 39.0. The van der Waals surface area contributed by atoms with Crippen molar-refractivity contribution in [1.82, 2.24) is 0 Å². The molecular weight excluding hydrogens is 733 g/mol. The van der Waals surface area contributed by atoms with E-state index in [-0.39, 0.29) is 19.4 Å². The third kappa shape index (κ3) is 38.1. The van der Waals surface area contributed by atoms with Crippen molar-refractivity contribution < 1.29 is 47.5 Å². The summed E-state index contributed by atoms with van der Waals surface area (Å²) in [6, 6.07) is -1.53. The smallest absolute Gasteiger partial charge is 0.472 e. The van der Waals surface area contributed by atoms with Crippen LogP contribution in [0.15, 0.2) is 60.8 Å². The number of rotatable bonds is 39. The molecule has 0 spiro atoms. The Labute approximate surface area is 338 Å². The molecule has 56 heavy (non-hydrogen) atoms. The Bertz CT molecular complexity index is 1180. The summed E-state index contributed by atoms with van der Waals surface area (Å²) in [7, 11) is -4.72. The molecular formula is C44H76NO10P. The van der Waals surface area contributed by atoms with Crippen LogP contribution in [-0.2, 0) is 37.5 Å². The zero-order valence-corrected chi connectivity index (χ0v) is 35.6. The summed E-state index contributed by atoms with van der Waals surface area (Å²) in [6.07, 6.45) is 44.2. The number of hydrogen-bond donors (Lipinski definition) is 3. The summed E-state index contributed by atoms with van der Waals surface area (Å²) in [6.45, 7) is 2.63. The van der Waals surface area contributed by atoms with Gasteiger partial charge in [-0.1, -0.05) is 139 Å². The van der Waals surface area contributed by atoms with Gasteiger partial charge >= 0.3 is 25.7 Å². The van der Waals surface area contributed by atoms with E-state index in [9.17, 15) is 23.8 Å². The minimum absolute atomic E-state index is 0.137. The molecule has 0 radical (unpaired) electrons. The van der Waals surface area contributed by atoms with Gasteiger partial charge in [0.05, 0.1) is 13.2 Å². The number of aliphatic carboxylic acids is 1. The highest BCUT2D eigenvalue weighted by Crippen LogP contribution is 2.43. The van der Waals surface area contributed by atoms with Crippen LogP contribution in [0, 0.1) is 0 Å². The Morgan fingerprint density at radius 3 is 1.50 bits per heavy atom. The van der Waals surface area contributed by atoms with Gasteiger partial charge in [-0.2, -0.15) is 0 Å². The van der Waals surface area contributed by atoms with E-state index in [1.807, 2.05) is 0 Å². The quantitative estimate of drug-likeness (QED) is 0.0233. The van der Waals surface area contributed by atoms with E-state index in [0.29, 0.717) is 12.8 Å². The number of carbonyl (C=O) groups excluding carboxylic acids is 2. The van der Waals surface area contributed by atoms with Gasteiger partial charge in [0.25, 0.3) is 0 Å². The van der Waals surface area contributed by atoms with E-state index < -0.39 is 51.1 Å². The SMILES string of the molecule is CC/C=C\C/C=C\C/C=C\CCCCCCCC(=O)OC(COC(=O)CCCCCCCCC/C=C\C/C=C\CCCCC)COP(=O)(O)OCC(N)C(=O)O. The molecule has 3 atom stereocenters. The summed E-state index contributed by atoms with van der Waals surface area (Å²) < 4.78 is 32.7. The first kappa shape index (κ1) is 53.2. The third-order valence-electron chi connectivity index (χ3n) is 8.75. The summed E-state index contributed by atoms with van der Waals surface area (Å²) in [5.74, 6) is -2.42. The fourth-order valence-corrected chi connectivity index (χ4v) is 6.18. The van der Waals surface area contributed by atoms with Crippen molar-refractivity contribution in [2.45, 2.75) is 180 Å². The van der Waals surface area contributed by atoms with E-state index in [1.165, 1.54) is 38.5 Å². The molecule has 11 nitrogen and oxygen atoms in total. The van der Waals surface area contributed by atoms with Crippen LogP contribution < -0.4 is 5.73 Å². The van der Waals surface area contributed by atoms with Crippen molar-refractivity contribution >= 4 is 25.7 Å². The van der Waals surface area contributed by atoms with E-state index in [1.54, 1.807) is 0 Å². The first-order valence-corrected chi connectivity index (χ1v) is 22.8. The van der Waals surface area contributed by atoms with Gasteiger partial charge in [0.15, 0.2) is 6.10 Å². The first-order chi connectivity index (χ1) is 27.1. The maximum Gasteiger partial charge on any atom is 0.472 e. The van der Waals surface area contributed by atoms with Gasteiger partial charge in [-0.25, -0.2) is 4.57 Å². The van der Waals surface area contributed by atoms with Crippen molar-refractivity contribution in [3.63, 3.8) is 0 Å². The summed E-state index contributed by atoms with van der Waals surface area (Å²) in [4.78, 5) is 45.9. The molecule has 0 heterocycles. The molecule has 0 fully saturated rings. The predicted octanol–water partition coefficient (Wildman–Crippen LogP) is 11.2.